The number of benzene rings is 2. The number of carbonyl (C=O) groups excluding carboxylic acids is 3. The molecule has 1 atom stereocenters. The topological polar surface area (TPSA) is 143 Å². The summed E-state index contributed by atoms with van der Waals surface area (Å²) in [6, 6.07) is 13.0. The SMILES string of the molecule is O=C(O)C1CN(c2ccc(-c3noc(CN4C(=O)c5ccccc5C4=O)n3)cc2)C(=O)O1. The van der Waals surface area contributed by atoms with Gasteiger partial charge in [0, 0.05) is 11.3 Å². The maximum Gasteiger partial charge on any atom is 0.415 e. The van der Waals surface area contributed by atoms with E-state index < -0.39 is 30.0 Å². The van der Waals surface area contributed by atoms with E-state index in [1.165, 1.54) is 4.90 Å². The van der Waals surface area contributed by atoms with E-state index in [-0.39, 0.29) is 24.8 Å². The van der Waals surface area contributed by atoms with Crippen LogP contribution in [0.4, 0.5) is 10.5 Å². The zero-order valence-electron chi connectivity index (χ0n) is 16.3. The molecule has 5 rings (SSSR count). The van der Waals surface area contributed by atoms with E-state index in [4.69, 9.17) is 14.4 Å². The maximum atomic E-state index is 12.5. The minimum Gasteiger partial charge on any atom is -0.478 e. The molecule has 160 valence electrons. The zero-order chi connectivity index (χ0) is 22.4. The smallest absolute Gasteiger partial charge is 0.415 e. The predicted molar refractivity (Wildman–Crippen MR) is 106 cm³/mol. The van der Waals surface area contributed by atoms with Crippen LogP contribution in [0.1, 0.15) is 26.6 Å². The molecule has 0 spiro atoms. The highest BCUT2D eigenvalue weighted by atomic mass is 16.6. The first-order chi connectivity index (χ1) is 15.4. The van der Waals surface area contributed by atoms with Crippen molar-refractivity contribution >= 4 is 29.6 Å². The molecule has 0 aliphatic carbocycles. The average molecular weight is 434 g/mol. The molecule has 32 heavy (non-hydrogen) atoms. The fourth-order valence-electron chi connectivity index (χ4n) is 3.55. The number of fused-ring (bicyclic) bond motifs is 1. The number of hydrogen-bond acceptors (Lipinski definition) is 8. The van der Waals surface area contributed by atoms with E-state index in [1.807, 2.05) is 0 Å². The molecule has 2 aliphatic rings. The van der Waals surface area contributed by atoms with Crippen LogP contribution < -0.4 is 4.90 Å². The molecule has 1 unspecified atom stereocenters. The summed E-state index contributed by atoms with van der Waals surface area (Å²) < 4.78 is 10.0. The third-order valence-electron chi connectivity index (χ3n) is 5.16. The van der Waals surface area contributed by atoms with Crippen LogP contribution in [0.5, 0.6) is 0 Å². The van der Waals surface area contributed by atoms with Crippen molar-refractivity contribution in [2.24, 2.45) is 0 Å². The van der Waals surface area contributed by atoms with Crippen molar-refractivity contribution in [1.82, 2.24) is 15.0 Å². The Bertz CT molecular complexity index is 1230. The summed E-state index contributed by atoms with van der Waals surface area (Å²) in [6.07, 6.45) is -1.96. The highest BCUT2D eigenvalue weighted by molar-refractivity contribution is 6.21. The Morgan fingerprint density at radius 3 is 2.28 bits per heavy atom. The number of amides is 3. The summed E-state index contributed by atoms with van der Waals surface area (Å²) in [5, 5.41) is 12.9. The van der Waals surface area contributed by atoms with Crippen LogP contribution in [-0.2, 0) is 16.1 Å². The molecule has 0 saturated carbocycles. The summed E-state index contributed by atoms with van der Waals surface area (Å²) >= 11 is 0. The third-order valence-corrected chi connectivity index (χ3v) is 5.16. The molecule has 0 radical (unpaired) electrons. The van der Waals surface area contributed by atoms with Crippen LogP contribution in [-0.4, -0.2) is 56.7 Å². The number of carbonyl (C=O) groups is 4. The number of carboxylic acids is 1. The Labute approximate surface area is 179 Å². The van der Waals surface area contributed by atoms with Crippen molar-refractivity contribution in [3.05, 3.63) is 65.5 Å². The van der Waals surface area contributed by atoms with Crippen molar-refractivity contribution in [2.75, 3.05) is 11.4 Å². The molecular weight excluding hydrogens is 420 g/mol. The third kappa shape index (κ3) is 3.16. The highest BCUT2D eigenvalue weighted by Crippen LogP contribution is 2.27. The number of hydrogen-bond donors (Lipinski definition) is 1. The summed E-state index contributed by atoms with van der Waals surface area (Å²) in [5.41, 5.74) is 1.68. The molecule has 3 aromatic rings. The number of anilines is 1. The number of aromatic nitrogens is 2. The standard InChI is InChI=1S/C21H14N4O7/c26-18-13-3-1-2-4-14(13)19(27)25(18)10-16-22-17(23-32-16)11-5-7-12(8-6-11)24-9-15(20(28)29)31-21(24)30/h1-8,15H,9-10H2,(H,28,29). The van der Waals surface area contributed by atoms with Gasteiger partial charge in [-0.25, -0.2) is 9.59 Å². The first-order valence-corrected chi connectivity index (χ1v) is 9.51. The van der Waals surface area contributed by atoms with Crippen LogP contribution in [0, 0.1) is 0 Å². The van der Waals surface area contributed by atoms with Gasteiger partial charge in [0.15, 0.2) is 0 Å². The van der Waals surface area contributed by atoms with E-state index in [0.717, 1.165) is 4.90 Å². The van der Waals surface area contributed by atoms with Gasteiger partial charge in [0.25, 0.3) is 11.8 Å². The number of nitrogens with zero attached hydrogens (tertiary/aromatic N) is 4. The van der Waals surface area contributed by atoms with Gasteiger partial charge >= 0.3 is 12.1 Å². The zero-order valence-corrected chi connectivity index (χ0v) is 16.3. The fraction of sp³-hybridized carbons (Fsp3) is 0.143. The lowest BCUT2D eigenvalue weighted by Crippen LogP contribution is -2.29. The van der Waals surface area contributed by atoms with Gasteiger partial charge in [-0.15, -0.1) is 0 Å². The van der Waals surface area contributed by atoms with E-state index in [2.05, 4.69) is 10.1 Å². The number of imide groups is 1. The number of carboxylic acid groups (broad SMARTS) is 1. The van der Waals surface area contributed by atoms with Crippen molar-refractivity contribution in [2.45, 2.75) is 12.6 Å². The molecular formula is C21H14N4O7. The number of aliphatic carboxylic acids is 1. The Kier molecular flexibility index (Phi) is 4.43. The number of cyclic esters (lactones) is 1. The largest absolute Gasteiger partial charge is 0.478 e. The molecule has 1 N–H and O–H groups in total. The Morgan fingerprint density at radius 1 is 1.03 bits per heavy atom. The molecule has 11 nitrogen and oxygen atoms in total. The van der Waals surface area contributed by atoms with Gasteiger partial charge in [0.05, 0.1) is 17.7 Å². The minimum atomic E-state index is -1.22. The quantitative estimate of drug-likeness (QED) is 0.596. The van der Waals surface area contributed by atoms with E-state index in [0.29, 0.717) is 22.4 Å². The summed E-state index contributed by atoms with van der Waals surface area (Å²) in [4.78, 5) is 54.4. The van der Waals surface area contributed by atoms with Crippen molar-refractivity contribution in [3.63, 3.8) is 0 Å². The van der Waals surface area contributed by atoms with Crippen LogP contribution >= 0.6 is 0 Å². The molecule has 1 aromatic heterocycles. The number of rotatable bonds is 5. The summed E-state index contributed by atoms with van der Waals surface area (Å²) in [5.74, 6) is -1.74. The highest BCUT2D eigenvalue weighted by Gasteiger charge is 2.37. The van der Waals surface area contributed by atoms with E-state index in [1.54, 1.807) is 48.5 Å². The maximum absolute atomic E-state index is 12.5. The Hall–Kier alpha value is -4.54. The summed E-state index contributed by atoms with van der Waals surface area (Å²) in [7, 11) is 0. The first kappa shape index (κ1) is 19.4. The molecule has 2 aliphatic heterocycles. The van der Waals surface area contributed by atoms with Crippen LogP contribution in [0.25, 0.3) is 11.4 Å². The molecule has 3 heterocycles. The van der Waals surface area contributed by atoms with Crippen LogP contribution in [0.15, 0.2) is 53.1 Å². The van der Waals surface area contributed by atoms with Gasteiger partial charge in [0.1, 0.15) is 6.54 Å². The molecule has 1 saturated heterocycles. The van der Waals surface area contributed by atoms with E-state index in [9.17, 15) is 19.2 Å². The Morgan fingerprint density at radius 2 is 1.69 bits per heavy atom. The summed E-state index contributed by atoms with van der Waals surface area (Å²) in [6.45, 7) is -0.256. The van der Waals surface area contributed by atoms with Crippen molar-refractivity contribution in [3.8, 4) is 11.4 Å². The molecule has 2 aromatic carbocycles. The van der Waals surface area contributed by atoms with Gasteiger partial charge in [0.2, 0.25) is 17.8 Å². The first-order valence-electron chi connectivity index (χ1n) is 9.51. The lowest BCUT2D eigenvalue weighted by molar-refractivity contribution is -0.144. The monoisotopic (exact) mass is 434 g/mol. The van der Waals surface area contributed by atoms with Gasteiger partial charge in [-0.2, -0.15) is 4.98 Å². The Balaban J connectivity index is 1.30. The van der Waals surface area contributed by atoms with Crippen LogP contribution in [0.2, 0.25) is 0 Å². The molecule has 1 fully saturated rings. The molecule has 11 heteroatoms. The predicted octanol–water partition coefficient (Wildman–Crippen LogP) is 1.94. The van der Waals surface area contributed by atoms with Gasteiger partial charge in [-0.05, 0) is 36.4 Å². The second-order valence-corrected chi connectivity index (χ2v) is 7.12. The van der Waals surface area contributed by atoms with Crippen molar-refractivity contribution in [1.29, 1.82) is 0 Å². The average Bonchev–Trinajstić information content (AvgIpc) is 3.48. The minimum absolute atomic E-state index is 0.0889. The van der Waals surface area contributed by atoms with Crippen molar-refractivity contribution < 1.29 is 33.5 Å². The van der Waals surface area contributed by atoms with Gasteiger partial charge in [-0.3, -0.25) is 19.4 Å². The normalized spacial score (nSPS) is 17.6. The van der Waals surface area contributed by atoms with E-state index >= 15 is 0 Å². The second kappa shape index (κ2) is 7.30. The van der Waals surface area contributed by atoms with Crippen LogP contribution in [0.3, 0.4) is 0 Å². The van der Waals surface area contributed by atoms with Gasteiger partial charge < -0.3 is 14.4 Å². The second-order valence-electron chi connectivity index (χ2n) is 7.12. The number of ether oxygens (including phenoxy) is 1. The lowest BCUT2D eigenvalue weighted by atomic mass is 10.1. The molecule has 3 amide bonds. The fourth-order valence-corrected chi connectivity index (χ4v) is 3.55. The lowest BCUT2D eigenvalue weighted by Gasteiger charge is -2.12. The molecule has 0 bridgehead atoms. The van der Waals surface area contributed by atoms with Gasteiger partial charge in [-0.1, -0.05) is 17.3 Å².